The van der Waals surface area contributed by atoms with Crippen molar-refractivity contribution in [1.82, 2.24) is 15.1 Å². The van der Waals surface area contributed by atoms with Crippen LogP contribution in [-0.4, -0.2) is 22.9 Å². The monoisotopic (exact) mass is 191 g/mol. The van der Waals surface area contributed by atoms with Crippen molar-refractivity contribution >= 4 is 6.08 Å². The number of aryl methyl sites for hydroxylation is 1. The fraction of sp³-hybridized carbons (Fsp3) is 0.545. The lowest BCUT2D eigenvalue weighted by molar-refractivity contribution is 0.686. The summed E-state index contributed by atoms with van der Waals surface area (Å²) in [7, 11) is 1.95. The predicted octanol–water partition coefficient (Wildman–Crippen LogP) is 1.43. The molecule has 1 aromatic rings. The molecule has 1 atom stereocenters. The molecule has 2 rings (SSSR count). The molecule has 1 N–H and O–H groups in total. The molecule has 1 aliphatic heterocycles. The number of hydrogen-bond donors (Lipinski definition) is 1. The van der Waals surface area contributed by atoms with Gasteiger partial charge in [-0.25, -0.2) is 0 Å². The summed E-state index contributed by atoms with van der Waals surface area (Å²) in [5.41, 5.74) is 2.67. The number of hydrogen-bond acceptors (Lipinski definition) is 2. The van der Waals surface area contributed by atoms with E-state index in [1.807, 2.05) is 24.1 Å². The summed E-state index contributed by atoms with van der Waals surface area (Å²) in [6.07, 6.45) is 7.46. The SMILES string of the molecule is C/C(=C\c1cnn(C)c1)C1CCNC1. The Kier molecular flexibility index (Phi) is 2.68. The Hall–Kier alpha value is -1.09. The maximum atomic E-state index is 4.15. The van der Waals surface area contributed by atoms with Gasteiger partial charge < -0.3 is 5.32 Å². The van der Waals surface area contributed by atoms with Crippen molar-refractivity contribution < 1.29 is 0 Å². The third kappa shape index (κ3) is 2.04. The minimum Gasteiger partial charge on any atom is -0.316 e. The van der Waals surface area contributed by atoms with Crippen LogP contribution in [0.3, 0.4) is 0 Å². The highest BCUT2D eigenvalue weighted by atomic mass is 15.2. The average Bonchev–Trinajstić information content (AvgIpc) is 2.75. The van der Waals surface area contributed by atoms with Crippen molar-refractivity contribution in [3.05, 3.63) is 23.5 Å². The number of nitrogens with one attached hydrogen (secondary N) is 1. The molecule has 0 spiro atoms. The number of aromatic nitrogens is 2. The van der Waals surface area contributed by atoms with Gasteiger partial charge in [0.1, 0.15) is 0 Å². The molecular weight excluding hydrogens is 174 g/mol. The fourth-order valence-electron chi connectivity index (χ4n) is 1.94. The standard InChI is InChI=1S/C11H17N3/c1-9(11-3-4-12-7-11)5-10-6-13-14(2)8-10/h5-6,8,11-12H,3-4,7H2,1-2H3/b9-5+. The Morgan fingerprint density at radius 3 is 3.14 bits per heavy atom. The summed E-state index contributed by atoms with van der Waals surface area (Å²) in [4.78, 5) is 0. The number of rotatable bonds is 2. The molecule has 0 bridgehead atoms. The van der Waals surface area contributed by atoms with Crippen molar-refractivity contribution in [2.45, 2.75) is 13.3 Å². The summed E-state index contributed by atoms with van der Waals surface area (Å²) >= 11 is 0. The van der Waals surface area contributed by atoms with Gasteiger partial charge >= 0.3 is 0 Å². The zero-order valence-electron chi connectivity index (χ0n) is 8.83. The summed E-state index contributed by atoms with van der Waals surface area (Å²) in [5, 5.41) is 7.54. The Morgan fingerprint density at radius 1 is 1.71 bits per heavy atom. The van der Waals surface area contributed by atoms with Gasteiger partial charge in [-0.2, -0.15) is 5.10 Å². The van der Waals surface area contributed by atoms with Crippen LogP contribution < -0.4 is 5.32 Å². The summed E-state index contributed by atoms with van der Waals surface area (Å²) in [6.45, 7) is 4.50. The second-order valence-corrected chi connectivity index (χ2v) is 4.03. The third-order valence-electron chi connectivity index (χ3n) is 2.82. The Balaban J connectivity index is 2.09. The fourth-order valence-corrected chi connectivity index (χ4v) is 1.94. The molecule has 0 radical (unpaired) electrons. The lowest BCUT2D eigenvalue weighted by atomic mass is 9.98. The van der Waals surface area contributed by atoms with Gasteiger partial charge in [0.2, 0.25) is 0 Å². The summed E-state index contributed by atoms with van der Waals surface area (Å²) in [5.74, 6) is 0.718. The zero-order valence-corrected chi connectivity index (χ0v) is 8.83. The molecule has 0 aromatic carbocycles. The van der Waals surface area contributed by atoms with Crippen molar-refractivity contribution in [3.8, 4) is 0 Å². The van der Waals surface area contributed by atoms with Crippen LogP contribution >= 0.6 is 0 Å². The van der Waals surface area contributed by atoms with Crippen LogP contribution in [0.15, 0.2) is 18.0 Å². The minimum atomic E-state index is 0.718. The molecular formula is C11H17N3. The molecule has 0 amide bonds. The minimum absolute atomic E-state index is 0.718. The average molecular weight is 191 g/mol. The molecule has 3 nitrogen and oxygen atoms in total. The topological polar surface area (TPSA) is 29.9 Å². The quantitative estimate of drug-likeness (QED) is 0.766. The van der Waals surface area contributed by atoms with Crippen LogP contribution in [0.4, 0.5) is 0 Å². The molecule has 1 saturated heterocycles. The second kappa shape index (κ2) is 3.96. The van der Waals surface area contributed by atoms with Crippen molar-refractivity contribution in [1.29, 1.82) is 0 Å². The van der Waals surface area contributed by atoms with Crippen LogP contribution in [0, 0.1) is 5.92 Å². The van der Waals surface area contributed by atoms with Gasteiger partial charge in [0.15, 0.2) is 0 Å². The van der Waals surface area contributed by atoms with E-state index in [2.05, 4.69) is 23.4 Å². The first-order chi connectivity index (χ1) is 6.75. The highest BCUT2D eigenvalue weighted by molar-refractivity contribution is 5.51. The third-order valence-corrected chi connectivity index (χ3v) is 2.82. The van der Waals surface area contributed by atoms with E-state index in [-0.39, 0.29) is 0 Å². The van der Waals surface area contributed by atoms with E-state index in [4.69, 9.17) is 0 Å². The zero-order chi connectivity index (χ0) is 9.97. The van der Waals surface area contributed by atoms with Crippen LogP contribution in [0.25, 0.3) is 6.08 Å². The van der Waals surface area contributed by atoms with E-state index in [1.165, 1.54) is 17.6 Å². The van der Waals surface area contributed by atoms with Crippen LogP contribution in [0.5, 0.6) is 0 Å². The molecule has 2 heterocycles. The smallest absolute Gasteiger partial charge is 0.0562 e. The van der Waals surface area contributed by atoms with Crippen molar-refractivity contribution in [2.75, 3.05) is 13.1 Å². The van der Waals surface area contributed by atoms with Gasteiger partial charge in [-0.05, 0) is 25.8 Å². The van der Waals surface area contributed by atoms with Crippen LogP contribution in [-0.2, 0) is 7.05 Å². The van der Waals surface area contributed by atoms with Gasteiger partial charge in [0.05, 0.1) is 6.20 Å². The summed E-state index contributed by atoms with van der Waals surface area (Å²) < 4.78 is 1.84. The van der Waals surface area contributed by atoms with E-state index in [0.717, 1.165) is 19.0 Å². The van der Waals surface area contributed by atoms with Gasteiger partial charge in [-0.1, -0.05) is 11.6 Å². The predicted molar refractivity (Wildman–Crippen MR) is 57.8 cm³/mol. The van der Waals surface area contributed by atoms with E-state index in [1.54, 1.807) is 0 Å². The normalized spacial score (nSPS) is 23.0. The first-order valence-corrected chi connectivity index (χ1v) is 5.13. The van der Waals surface area contributed by atoms with Gasteiger partial charge in [0.25, 0.3) is 0 Å². The van der Waals surface area contributed by atoms with Crippen molar-refractivity contribution in [2.24, 2.45) is 13.0 Å². The van der Waals surface area contributed by atoms with E-state index < -0.39 is 0 Å². The Morgan fingerprint density at radius 2 is 2.57 bits per heavy atom. The lowest BCUT2D eigenvalue weighted by Gasteiger charge is -2.07. The van der Waals surface area contributed by atoms with E-state index in [0.29, 0.717) is 0 Å². The highest BCUT2D eigenvalue weighted by Crippen LogP contribution is 2.19. The lowest BCUT2D eigenvalue weighted by Crippen LogP contribution is -2.09. The molecule has 14 heavy (non-hydrogen) atoms. The first-order valence-electron chi connectivity index (χ1n) is 5.13. The molecule has 1 aliphatic rings. The van der Waals surface area contributed by atoms with Crippen LogP contribution in [0.2, 0.25) is 0 Å². The maximum Gasteiger partial charge on any atom is 0.0562 e. The first kappa shape index (κ1) is 9.46. The Labute approximate surface area is 84.8 Å². The second-order valence-electron chi connectivity index (χ2n) is 4.03. The molecule has 76 valence electrons. The van der Waals surface area contributed by atoms with E-state index >= 15 is 0 Å². The molecule has 0 saturated carbocycles. The Bertz CT molecular complexity index is 332. The van der Waals surface area contributed by atoms with Gasteiger partial charge in [0, 0.05) is 25.4 Å². The number of nitrogens with zero attached hydrogens (tertiary/aromatic N) is 2. The molecule has 1 unspecified atom stereocenters. The van der Waals surface area contributed by atoms with Crippen molar-refractivity contribution in [3.63, 3.8) is 0 Å². The largest absolute Gasteiger partial charge is 0.316 e. The molecule has 3 heteroatoms. The molecule has 0 aliphatic carbocycles. The van der Waals surface area contributed by atoms with Gasteiger partial charge in [-0.15, -0.1) is 0 Å². The van der Waals surface area contributed by atoms with Crippen LogP contribution in [0.1, 0.15) is 18.9 Å². The highest BCUT2D eigenvalue weighted by Gasteiger charge is 2.15. The maximum absolute atomic E-state index is 4.15. The summed E-state index contributed by atoms with van der Waals surface area (Å²) in [6, 6.07) is 0. The van der Waals surface area contributed by atoms with Gasteiger partial charge in [-0.3, -0.25) is 4.68 Å². The molecule has 1 aromatic heterocycles. The molecule has 1 fully saturated rings. The van der Waals surface area contributed by atoms with E-state index in [9.17, 15) is 0 Å².